The molecule has 0 heterocycles. The van der Waals surface area contributed by atoms with Crippen molar-refractivity contribution >= 4 is 17.3 Å². The minimum atomic E-state index is 0.565. The minimum absolute atomic E-state index is 0.565. The molecule has 0 radical (unpaired) electrons. The third kappa shape index (κ3) is 3.99. The number of anilines is 1. The standard InChI is InChI=1S/C11H16ClNO/c1-13(8-10-14-9-7-12)11-5-3-2-4-6-11/h2-6H,7-10H2,1H3. The van der Waals surface area contributed by atoms with E-state index in [0.717, 1.165) is 13.2 Å². The van der Waals surface area contributed by atoms with Crippen molar-refractivity contribution in [3.8, 4) is 0 Å². The van der Waals surface area contributed by atoms with Crippen LogP contribution in [0.5, 0.6) is 0 Å². The monoisotopic (exact) mass is 213 g/mol. The highest BCUT2D eigenvalue weighted by Crippen LogP contribution is 2.09. The Hall–Kier alpha value is -0.730. The number of rotatable bonds is 6. The summed E-state index contributed by atoms with van der Waals surface area (Å²) in [5, 5.41) is 0. The zero-order valence-corrected chi connectivity index (χ0v) is 9.20. The number of likely N-dealkylation sites (N-methyl/N-ethyl adjacent to an activating group) is 1. The lowest BCUT2D eigenvalue weighted by Crippen LogP contribution is -2.22. The van der Waals surface area contributed by atoms with Crippen molar-refractivity contribution in [1.29, 1.82) is 0 Å². The molecule has 0 aliphatic heterocycles. The maximum absolute atomic E-state index is 5.50. The molecule has 3 heteroatoms. The Morgan fingerprint density at radius 2 is 1.93 bits per heavy atom. The molecule has 0 saturated carbocycles. The summed E-state index contributed by atoms with van der Waals surface area (Å²) in [6.45, 7) is 2.24. The molecule has 0 aliphatic rings. The van der Waals surface area contributed by atoms with Crippen LogP contribution in [0.1, 0.15) is 0 Å². The second-order valence-corrected chi connectivity index (χ2v) is 3.44. The molecule has 0 bridgehead atoms. The van der Waals surface area contributed by atoms with Crippen molar-refractivity contribution in [3.63, 3.8) is 0 Å². The number of hydrogen-bond acceptors (Lipinski definition) is 2. The first-order valence-corrected chi connectivity index (χ1v) is 5.28. The van der Waals surface area contributed by atoms with E-state index in [9.17, 15) is 0 Å². The first-order valence-electron chi connectivity index (χ1n) is 4.74. The first-order chi connectivity index (χ1) is 6.84. The molecule has 14 heavy (non-hydrogen) atoms. The summed E-state index contributed by atoms with van der Waals surface area (Å²) in [4.78, 5) is 2.16. The predicted octanol–water partition coefficient (Wildman–Crippen LogP) is 2.38. The summed E-state index contributed by atoms with van der Waals surface area (Å²) in [6, 6.07) is 10.3. The van der Waals surface area contributed by atoms with E-state index in [1.807, 2.05) is 18.2 Å². The van der Waals surface area contributed by atoms with Gasteiger partial charge in [-0.1, -0.05) is 18.2 Å². The summed E-state index contributed by atoms with van der Waals surface area (Å²) in [5.41, 5.74) is 1.21. The highest BCUT2D eigenvalue weighted by atomic mass is 35.5. The van der Waals surface area contributed by atoms with Crippen LogP contribution in [0.4, 0.5) is 5.69 Å². The molecule has 0 aromatic heterocycles. The quantitative estimate of drug-likeness (QED) is 0.532. The van der Waals surface area contributed by atoms with E-state index < -0.39 is 0 Å². The molecule has 1 aromatic rings. The third-order valence-electron chi connectivity index (χ3n) is 1.99. The lowest BCUT2D eigenvalue weighted by Gasteiger charge is -2.18. The van der Waals surface area contributed by atoms with Gasteiger partial charge in [0.2, 0.25) is 0 Å². The Morgan fingerprint density at radius 1 is 1.21 bits per heavy atom. The second kappa shape index (κ2) is 6.68. The summed E-state index contributed by atoms with van der Waals surface area (Å²) >= 11 is 5.50. The molecule has 0 aliphatic carbocycles. The molecular formula is C11H16ClNO. The molecule has 1 aromatic carbocycles. The van der Waals surface area contributed by atoms with E-state index in [1.165, 1.54) is 5.69 Å². The minimum Gasteiger partial charge on any atom is -0.378 e. The number of benzene rings is 1. The van der Waals surface area contributed by atoms with Gasteiger partial charge in [0.1, 0.15) is 0 Å². The number of halogens is 1. The molecule has 1 rings (SSSR count). The van der Waals surface area contributed by atoms with Gasteiger partial charge < -0.3 is 9.64 Å². The lowest BCUT2D eigenvalue weighted by atomic mass is 10.3. The Balaban J connectivity index is 2.25. The molecule has 0 spiro atoms. The van der Waals surface area contributed by atoms with Crippen LogP contribution in [0.3, 0.4) is 0 Å². The van der Waals surface area contributed by atoms with E-state index in [2.05, 4.69) is 24.1 Å². The van der Waals surface area contributed by atoms with E-state index >= 15 is 0 Å². The zero-order chi connectivity index (χ0) is 10.2. The van der Waals surface area contributed by atoms with Crippen molar-refractivity contribution < 1.29 is 4.74 Å². The van der Waals surface area contributed by atoms with Crippen molar-refractivity contribution in [2.45, 2.75) is 0 Å². The van der Waals surface area contributed by atoms with Crippen LogP contribution in [0.2, 0.25) is 0 Å². The normalized spacial score (nSPS) is 10.1. The number of alkyl halides is 1. The van der Waals surface area contributed by atoms with Crippen LogP contribution < -0.4 is 4.90 Å². The topological polar surface area (TPSA) is 12.5 Å². The van der Waals surface area contributed by atoms with Crippen LogP contribution in [0.25, 0.3) is 0 Å². The van der Waals surface area contributed by atoms with Gasteiger partial charge in [-0.2, -0.15) is 0 Å². The summed E-state index contributed by atoms with van der Waals surface area (Å²) in [7, 11) is 2.05. The van der Waals surface area contributed by atoms with Gasteiger partial charge in [0.05, 0.1) is 13.2 Å². The van der Waals surface area contributed by atoms with E-state index in [4.69, 9.17) is 16.3 Å². The van der Waals surface area contributed by atoms with Crippen molar-refractivity contribution in [3.05, 3.63) is 30.3 Å². The van der Waals surface area contributed by atoms with Gasteiger partial charge in [0.15, 0.2) is 0 Å². The van der Waals surface area contributed by atoms with E-state index in [1.54, 1.807) is 0 Å². The Kier molecular flexibility index (Phi) is 5.42. The number of ether oxygens (including phenoxy) is 1. The van der Waals surface area contributed by atoms with E-state index in [-0.39, 0.29) is 0 Å². The van der Waals surface area contributed by atoms with Crippen molar-refractivity contribution in [1.82, 2.24) is 0 Å². The average molecular weight is 214 g/mol. The van der Waals surface area contributed by atoms with Crippen LogP contribution in [-0.4, -0.2) is 32.7 Å². The largest absolute Gasteiger partial charge is 0.378 e. The van der Waals surface area contributed by atoms with Gasteiger partial charge >= 0.3 is 0 Å². The third-order valence-corrected chi connectivity index (χ3v) is 2.14. The van der Waals surface area contributed by atoms with Gasteiger partial charge in [0, 0.05) is 25.2 Å². The van der Waals surface area contributed by atoms with Gasteiger partial charge in [-0.05, 0) is 12.1 Å². The smallest absolute Gasteiger partial charge is 0.0642 e. The fraction of sp³-hybridized carbons (Fsp3) is 0.455. The number of hydrogen-bond donors (Lipinski definition) is 0. The van der Waals surface area contributed by atoms with Gasteiger partial charge in [-0.15, -0.1) is 11.6 Å². The Morgan fingerprint density at radius 3 is 2.57 bits per heavy atom. The van der Waals surface area contributed by atoms with Crippen LogP contribution >= 0.6 is 11.6 Å². The molecule has 78 valence electrons. The molecule has 2 nitrogen and oxygen atoms in total. The molecule has 0 atom stereocenters. The Labute approximate surface area is 90.4 Å². The molecule has 0 amide bonds. The van der Waals surface area contributed by atoms with Gasteiger partial charge in [-0.25, -0.2) is 0 Å². The maximum Gasteiger partial charge on any atom is 0.0642 e. The van der Waals surface area contributed by atoms with E-state index in [0.29, 0.717) is 12.5 Å². The highest BCUT2D eigenvalue weighted by Gasteiger charge is 1.98. The van der Waals surface area contributed by atoms with Crippen LogP contribution in [-0.2, 0) is 4.74 Å². The molecule has 0 N–H and O–H groups in total. The van der Waals surface area contributed by atoms with Crippen molar-refractivity contribution in [2.24, 2.45) is 0 Å². The molecular weight excluding hydrogens is 198 g/mol. The molecule has 0 unspecified atom stereocenters. The fourth-order valence-corrected chi connectivity index (χ4v) is 1.28. The molecule has 0 saturated heterocycles. The predicted molar refractivity (Wildman–Crippen MR) is 61.3 cm³/mol. The van der Waals surface area contributed by atoms with Gasteiger partial charge in [0.25, 0.3) is 0 Å². The SMILES string of the molecule is CN(CCOCCCl)c1ccccc1. The first kappa shape index (κ1) is 11.3. The Bertz CT molecular complexity index is 240. The lowest BCUT2D eigenvalue weighted by molar-refractivity contribution is 0.156. The maximum atomic E-state index is 5.50. The summed E-state index contributed by atoms with van der Waals surface area (Å²) in [6.07, 6.45) is 0. The second-order valence-electron chi connectivity index (χ2n) is 3.06. The summed E-state index contributed by atoms with van der Waals surface area (Å²) < 4.78 is 5.30. The highest BCUT2D eigenvalue weighted by molar-refractivity contribution is 6.17. The van der Waals surface area contributed by atoms with Crippen LogP contribution in [0.15, 0.2) is 30.3 Å². The fourth-order valence-electron chi connectivity index (χ4n) is 1.17. The van der Waals surface area contributed by atoms with Crippen LogP contribution in [0, 0.1) is 0 Å². The van der Waals surface area contributed by atoms with Gasteiger partial charge in [-0.3, -0.25) is 0 Å². The zero-order valence-electron chi connectivity index (χ0n) is 8.45. The van der Waals surface area contributed by atoms with Crippen molar-refractivity contribution in [2.75, 3.05) is 37.6 Å². The number of nitrogens with zero attached hydrogens (tertiary/aromatic N) is 1. The average Bonchev–Trinajstić information content (AvgIpc) is 2.25. The molecule has 0 fully saturated rings. The summed E-state index contributed by atoms with van der Waals surface area (Å²) in [5.74, 6) is 0.565. The number of para-hydroxylation sites is 1.